The molecule has 2 heterocycles. The molecule has 8 heteroatoms. The van der Waals surface area contributed by atoms with Gasteiger partial charge in [-0.3, -0.25) is 0 Å². The van der Waals surface area contributed by atoms with E-state index in [1.165, 1.54) is 7.11 Å². The lowest BCUT2D eigenvalue weighted by atomic mass is 10.2. The smallest absolute Gasteiger partial charge is 0.269 e. The Morgan fingerprint density at radius 3 is 3.00 bits per heavy atom. The number of aromatic nitrogens is 2. The van der Waals surface area contributed by atoms with E-state index in [9.17, 15) is 0 Å². The highest BCUT2D eigenvalue weighted by Crippen LogP contribution is 2.37. The molecule has 0 N–H and O–H groups in total. The SMILES string of the molecule is C#CCOc1c(Cl)cc(/C=C(\Cl)c2nc(-c3ccsc3)no2)cc1OC. The molecule has 5 nitrogen and oxygen atoms in total. The van der Waals surface area contributed by atoms with E-state index in [-0.39, 0.29) is 17.5 Å². The van der Waals surface area contributed by atoms with Gasteiger partial charge in [-0.2, -0.15) is 16.3 Å². The van der Waals surface area contributed by atoms with Crippen LogP contribution in [0.4, 0.5) is 0 Å². The Balaban J connectivity index is 1.89. The van der Waals surface area contributed by atoms with Crippen LogP contribution in [-0.2, 0) is 0 Å². The van der Waals surface area contributed by atoms with Crippen molar-refractivity contribution in [2.45, 2.75) is 0 Å². The van der Waals surface area contributed by atoms with Crippen LogP contribution in [0, 0.1) is 12.3 Å². The number of hydrogen-bond donors (Lipinski definition) is 0. The number of terminal acetylenes is 1. The second-order valence-corrected chi connectivity index (χ2v) is 6.55. The number of methoxy groups -OCH3 is 1. The first-order valence-electron chi connectivity index (χ1n) is 7.30. The number of hydrogen-bond acceptors (Lipinski definition) is 6. The van der Waals surface area contributed by atoms with Crippen LogP contribution in [0.25, 0.3) is 22.5 Å². The summed E-state index contributed by atoms with van der Waals surface area (Å²) in [6.45, 7) is 0.0827. The number of benzene rings is 1. The lowest BCUT2D eigenvalue weighted by Gasteiger charge is -2.11. The van der Waals surface area contributed by atoms with Gasteiger partial charge in [0.15, 0.2) is 11.5 Å². The van der Waals surface area contributed by atoms with Crippen molar-refractivity contribution in [3.05, 3.63) is 45.4 Å². The lowest BCUT2D eigenvalue weighted by Crippen LogP contribution is -1.98. The zero-order valence-corrected chi connectivity index (χ0v) is 15.9. The fourth-order valence-corrected chi connectivity index (χ4v) is 3.23. The first-order valence-corrected chi connectivity index (χ1v) is 9.00. The molecule has 3 rings (SSSR count). The van der Waals surface area contributed by atoms with Gasteiger partial charge in [0.05, 0.1) is 12.1 Å². The molecular weight excluding hydrogens is 395 g/mol. The molecule has 132 valence electrons. The number of thiophene rings is 1. The summed E-state index contributed by atoms with van der Waals surface area (Å²) >= 11 is 14.1. The molecule has 0 radical (unpaired) electrons. The summed E-state index contributed by atoms with van der Waals surface area (Å²) in [7, 11) is 1.51. The molecule has 0 spiro atoms. The van der Waals surface area contributed by atoms with Crippen molar-refractivity contribution in [3.63, 3.8) is 0 Å². The van der Waals surface area contributed by atoms with Crippen molar-refractivity contribution in [2.24, 2.45) is 0 Å². The third kappa shape index (κ3) is 4.02. The maximum Gasteiger partial charge on any atom is 0.269 e. The van der Waals surface area contributed by atoms with Gasteiger partial charge in [0.2, 0.25) is 5.82 Å². The van der Waals surface area contributed by atoms with Crippen LogP contribution >= 0.6 is 34.5 Å². The van der Waals surface area contributed by atoms with Gasteiger partial charge in [0.25, 0.3) is 5.89 Å². The van der Waals surface area contributed by atoms with E-state index < -0.39 is 0 Å². The van der Waals surface area contributed by atoms with Crippen molar-refractivity contribution in [1.29, 1.82) is 0 Å². The molecule has 3 aromatic rings. The lowest BCUT2D eigenvalue weighted by molar-refractivity contribution is 0.331. The number of nitrogens with zero attached hydrogens (tertiary/aromatic N) is 2. The molecule has 2 aromatic heterocycles. The first kappa shape index (κ1) is 18.3. The second-order valence-electron chi connectivity index (χ2n) is 4.95. The first-order chi connectivity index (χ1) is 12.6. The highest BCUT2D eigenvalue weighted by molar-refractivity contribution is 7.08. The van der Waals surface area contributed by atoms with Crippen LogP contribution in [0.15, 0.2) is 33.5 Å². The van der Waals surface area contributed by atoms with Gasteiger partial charge >= 0.3 is 0 Å². The molecule has 26 heavy (non-hydrogen) atoms. The van der Waals surface area contributed by atoms with Gasteiger partial charge < -0.3 is 14.0 Å². The Bertz CT molecular complexity index is 975. The molecule has 0 bridgehead atoms. The van der Waals surface area contributed by atoms with Crippen LogP contribution in [-0.4, -0.2) is 23.9 Å². The number of ether oxygens (including phenoxy) is 2. The summed E-state index contributed by atoms with van der Waals surface area (Å²) in [5.74, 6) is 3.87. The van der Waals surface area contributed by atoms with E-state index in [1.54, 1.807) is 29.5 Å². The minimum absolute atomic E-state index is 0.0827. The van der Waals surface area contributed by atoms with E-state index in [4.69, 9.17) is 43.6 Å². The van der Waals surface area contributed by atoms with Gasteiger partial charge in [0, 0.05) is 10.9 Å². The Labute approximate surface area is 164 Å². The molecule has 1 aromatic carbocycles. The molecule has 0 aliphatic rings. The van der Waals surface area contributed by atoms with Crippen LogP contribution in [0.2, 0.25) is 5.02 Å². The topological polar surface area (TPSA) is 57.4 Å². The van der Waals surface area contributed by atoms with Crippen LogP contribution in [0.5, 0.6) is 11.5 Å². The van der Waals surface area contributed by atoms with Crippen molar-refractivity contribution in [3.8, 4) is 35.2 Å². The fourth-order valence-electron chi connectivity index (χ4n) is 2.11. The molecule has 0 amide bonds. The summed E-state index contributed by atoms with van der Waals surface area (Å²) in [6.07, 6.45) is 6.85. The van der Waals surface area contributed by atoms with Crippen LogP contribution < -0.4 is 9.47 Å². The zero-order chi connectivity index (χ0) is 18.5. The van der Waals surface area contributed by atoms with Gasteiger partial charge in [-0.05, 0) is 35.2 Å². The Hall–Kier alpha value is -2.46. The zero-order valence-electron chi connectivity index (χ0n) is 13.5. The van der Waals surface area contributed by atoms with Gasteiger partial charge in [-0.1, -0.05) is 34.3 Å². The standard InChI is InChI=1S/C18H12Cl2N2O3S/c1-3-5-24-16-13(19)7-11(9-15(16)23-2)8-14(20)18-21-17(22-25-18)12-4-6-26-10-12/h1,4,6-10H,5H2,2H3/b14-8-. The summed E-state index contributed by atoms with van der Waals surface area (Å²) in [6, 6.07) is 5.29. The van der Waals surface area contributed by atoms with E-state index in [0.29, 0.717) is 27.9 Å². The predicted molar refractivity (Wildman–Crippen MR) is 104 cm³/mol. The maximum absolute atomic E-state index is 6.31. The highest BCUT2D eigenvalue weighted by Gasteiger charge is 2.14. The molecule has 0 aliphatic heterocycles. The molecule has 0 fully saturated rings. The second kappa shape index (κ2) is 8.28. The molecule has 0 unspecified atom stereocenters. The normalized spacial score (nSPS) is 11.2. The predicted octanol–water partition coefficient (Wildman–Crippen LogP) is 5.21. The third-order valence-corrected chi connectivity index (χ3v) is 4.49. The summed E-state index contributed by atoms with van der Waals surface area (Å²) in [5.41, 5.74) is 1.55. The monoisotopic (exact) mass is 406 g/mol. The quantitative estimate of drug-likeness (QED) is 0.525. The minimum Gasteiger partial charge on any atom is -0.493 e. The average molecular weight is 407 g/mol. The third-order valence-electron chi connectivity index (χ3n) is 3.25. The Kier molecular flexibility index (Phi) is 5.84. The minimum atomic E-state index is 0.0827. The van der Waals surface area contributed by atoms with E-state index in [0.717, 1.165) is 5.56 Å². The molecule has 0 aliphatic carbocycles. The highest BCUT2D eigenvalue weighted by atomic mass is 35.5. The van der Waals surface area contributed by atoms with Crippen molar-refractivity contribution >= 4 is 45.6 Å². The molecule has 0 atom stereocenters. The summed E-state index contributed by atoms with van der Waals surface area (Å²) in [4.78, 5) is 4.29. The Morgan fingerprint density at radius 1 is 1.46 bits per heavy atom. The molecule has 0 saturated carbocycles. The van der Waals surface area contributed by atoms with Gasteiger partial charge in [0.1, 0.15) is 11.6 Å². The van der Waals surface area contributed by atoms with Crippen LogP contribution in [0.1, 0.15) is 11.5 Å². The fraction of sp³-hybridized carbons (Fsp3) is 0.111. The van der Waals surface area contributed by atoms with Crippen molar-refractivity contribution in [1.82, 2.24) is 10.1 Å². The maximum atomic E-state index is 6.31. The summed E-state index contributed by atoms with van der Waals surface area (Å²) in [5, 5.41) is 8.40. The van der Waals surface area contributed by atoms with Crippen molar-refractivity contribution in [2.75, 3.05) is 13.7 Å². The number of halogens is 2. The summed E-state index contributed by atoms with van der Waals surface area (Å²) < 4.78 is 15.9. The average Bonchev–Trinajstić information content (AvgIpc) is 3.31. The van der Waals surface area contributed by atoms with Gasteiger partial charge in [-0.25, -0.2) is 0 Å². The Morgan fingerprint density at radius 2 is 2.31 bits per heavy atom. The van der Waals surface area contributed by atoms with E-state index >= 15 is 0 Å². The molecule has 0 saturated heterocycles. The van der Waals surface area contributed by atoms with Gasteiger partial charge in [-0.15, -0.1) is 6.42 Å². The largest absolute Gasteiger partial charge is 0.493 e. The number of rotatable bonds is 6. The molecular formula is C18H12Cl2N2O3S. The van der Waals surface area contributed by atoms with E-state index in [1.807, 2.05) is 16.8 Å². The van der Waals surface area contributed by atoms with E-state index in [2.05, 4.69) is 16.1 Å². The van der Waals surface area contributed by atoms with Crippen molar-refractivity contribution < 1.29 is 14.0 Å². The van der Waals surface area contributed by atoms with Crippen LogP contribution in [0.3, 0.4) is 0 Å².